The third-order valence-corrected chi connectivity index (χ3v) is 4.91. The van der Waals surface area contributed by atoms with Crippen LogP contribution in [0.3, 0.4) is 0 Å². The highest BCUT2D eigenvalue weighted by Crippen LogP contribution is 2.47. The Kier molecular flexibility index (Phi) is 4.49. The van der Waals surface area contributed by atoms with Crippen LogP contribution in [0, 0.1) is 22.0 Å². The van der Waals surface area contributed by atoms with E-state index in [-0.39, 0.29) is 24.6 Å². The van der Waals surface area contributed by atoms with Crippen molar-refractivity contribution in [1.82, 2.24) is 5.43 Å². The Morgan fingerprint density at radius 1 is 1.46 bits per heavy atom. The molecule has 9 nitrogen and oxygen atoms in total. The summed E-state index contributed by atoms with van der Waals surface area (Å²) in [4.78, 5) is 35.3. The van der Waals surface area contributed by atoms with Crippen LogP contribution >= 0.6 is 0 Å². The predicted octanol–water partition coefficient (Wildman–Crippen LogP) is 1.11. The number of hydrogen-bond donors (Lipinski definition) is 2. The van der Waals surface area contributed by atoms with E-state index in [1.807, 2.05) is 0 Å². The van der Waals surface area contributed by atoms with Gasteiger partial charge in [0.1, 0.15) is 0 Å². The molecular formula is C17H19N3O6. The molecule has 1 aromatic carbocycles. The second-order valence-electron chi connectivity index (χ2n) is 6.69. The first-order valence-corrected chi connectivity index (χ1v) is 8.26. The quantitative estimate of drug-likeness (QED) is 0.469. The molecule has 0 radical (unpaired) electrons. The lowest BCUT2D eigenvalue weighted by molar-refractivity contribution is -0.384. The topological polar surface area (TPSA) is 131 Å². The molecule has 0 aromatic heterocycles. The average Bonchev–Trinajstić information content (AvgIpc) is 2.93. The lowest BCUT2D eigenvalue weighted by Gasteiger charge is -2.43. The molecule has 1 saturated carbocycles. The maximum Gasteiger partial charge on any atom is 0.312 e. The number of hydrogen-bond acceptors (Lipinski definition) is 7. The predicted molar refractivity (Wildman–Crippen MR) is 90.3 cm³/mol. The van der Waals surface area contributed by atoms with Crippen LogP contribution in [0.4, 0.5) is 5.69 Å². The fourth-order valence-corrected chi connectivity index (χ4v) is 3.83. The van der Waals surface area contributed by atoms with E-state index in [2.05, 4.69) is 10.5 Å². The largest absolute Gasteiger partial charge is 0.466 e. The first-order chi connectivity index (χ1) is 12.3. The van der Waals surface area contributed by atoms with Gasteiger partial charge in [0.25, 0.3) is 5.69 Å². The summed E-state index contributed by atoms with van der Waals surface area (Å²) in [5.74, 6) is -3.45. The molecule has 4 atom stereocenters. The number of rotatable bonds is 4. The number of carbonyl (C=O) groups excluding carboxylic acids is 2. The second-order valence-corrected chi connectivity index (χ2v) is 6.69. The van der Waals surface area contributed by atoms with Gasteiger partial charge >= 0.3 is 5.97 Å². The van der Waals surface area contributed by atoms with Crippen LogP contribution < -0.4 is 5.43 Å². The number of benzene rings is 1. The fourth-order valence-electron chi connectivity index (χ4n) is 3.83. The molecule has 3 rings (SSSR count). The summed E-state index contributed by atoms with van der Waals surface area (Å²) >= 11 is 0. The molecule has 1 aromatic rings. The highest BCUT2D eigenvalue weighted by molar-refractivity contribution is 6.10. The SMILES string of the molecule is CCOC(=O)[C@H]1[C@@H](c2ccc([N+](=O)[O-])cc2)[C@@H]2C(=O)NN=C2C[C@@]1(C)O. The van der Waals surface area contributed by atoms with Crippen LogP contribution in [0.15, 0.2) is 29.4 Å². The number of nitrogens with zero attached hydrogens (tertiary/aromatic N) is 2. The molecule has 0 spiro atoms. The van der Waals surface area contributed by atoms with Gasteiger partial charge in [0.05, 0.1) is 34.7 Å². The van der Waals surface area contributed by atoms with Gasteiger partial charge in [-0.3, -0.25) is 19.7 Å². The van der Waals surface area contributed by atoms with Crippen molar-refractivity contribution in [1.29, 1.82) is 0 Å². The summed E-state index contributed by atoms with van der Waals surface area (Å²) in [5.41, 5.74) is 1.82. The van der Waals surface area contributed by atoms with Crippen LogP contribution in [-0.4, -0.2) is 39.8 Å². The fraction of sp³-hybridized carbons (Fsp3) is 0.471. The Labute approximate surface area is 149 Å². The van der Waals surface area contributed by atoms with E-state index in [1.165, 1.54) is 31.2 Å². The lowest BCUT2D eigenvalue weighted by atomic mass is 9.61. The Bertz CT molecular complexity index is 786. The smallest absolute Gasteiger partial charge is 0.312 e. The molecule has 1 aliphatic heterocycles. The molecule has 0 unspecified atom stereocenters. The number of esters is 1. The minimum atomic E-state index is -1.47. The van der Waals surface area contributed by atoms with E-state index in [9.17, 15) is 24.8 Å². The number of amides is 1. The Morgan fingerprint density at radius 3 is 2.69 bits per heavy atom. The molecule has 2 aliphatic rings. The van der Waals surface area contributed by atoms with Gasteiger partial charge in [-0.05, 0) is 19.4 Å². The standard InChI is InChI=1S/C17H19N3O6/c1-3-26-16(22)14-12(9-4-6-10(7-5-9)20(24)25)13-11(8-17(14,2)23)18-19-15(13)21/h4-7,12-14,23H,3,8H2,1-2H3,(H,19,21)/t12-,13+,14+,17+/m0/s1. The number of aliphatic hydroxyl groups is 1. The normalized spacial score (nSPS) is 30.2. The zero-order chi connectivity index (χ0) is 19.1. The highest BCUT2D eigenvalue weighted by Gasteiger charge is 2.57. The van der Waals surface area contributed by atoms with Crippen molar-refractivity contribution in [3.63, 3.8) is 0 Å². The van der Waals surface area contributed by atoms with Gasteiger partial charge in [0.2, 0.25) is 5.91 Å². The summed E-state index contributed by atoms with van der Waals surface area (Å²) in [5, 5.41) is 25.8. The molecule has 1 heterocycles. The first-order valence-electron chi connectivity index (χ1n) is 8.26. The third-order valence-electron chi connectivity index (χ3n) is 4.91. The van der Waals surface area contributed by atoms with E-state index in [4.69, 9.17) is 4.74 Å². The number of non-ortho nitro benzene ring substituents is 1. The number of hydrazone groups is 1. The van der Waals surface area contributed by atoms with E-state index >= 15 is 0 Å². The van der Waals surface area contributed by atoms with Crippen molar-refractivity contribution in [2.24, 2.45) is 16.9 Å². The minimum absolute atomic E-state index is 0.0589. The summed E-state index contributed by atoms with van der Waals surface area (Å²) < 4.78 is 5.14. The van der Waals surface area contributed by atoms with Crippen molar-refractivity contribution in [3.05, 3.63) is 39.9 Å². The summed E-state index contributed by atoms with van der Waals surface area (Å²) in [6.45, 7) is 3.30. The van der Waals surface area contributed by atoms with Crippen molar-refractivity contribution >= 4 is 23.3 Å². The molecule has 2 N–H and O–H groups in total. The van der Waals surface area contributed by atoms with Gasteiger partial charge in [-0.15, -0.1) is 0 Å². The molecule has 1 aliphatic carbocycles. The molecule has 1 amide bonds. The molecule has 0 bridgehead atoms. The third kappa shape index (κ3) is 2.94. The number of fused-ring (bicyclic) bond motifs is 1. The number of nitro benzene ring substituents is 1. The van der Waals surface area contributed by atoms with E-state index in [0.29, 0.717) is 11.3 Å². The zero-order valence-corrected chi connectivity index (χ0v) is 14.3. The molecule has 9 heteroatoms. The lowest BCUT2D eigenvalue weighted by Crippen LogP contribution is -2.54. The number of ether oxygens (including phenoxy) is 1. The van der Waals surface area contributed by atoms with E-state index in [0.717, 1.165) is 0 Å². The van der Waals surface area contributed by atoms with Gasteiger partial charge in [0.15, 0.2) is 0 Å². The number of nitrogens with one attached hydrogen (secondary N) is 1. The van der Waals surface area contributed by atoms with Crippen molar-refractivity contribution in [2.75, 3.05) is 6.61 Å². The van der Waals surface area contributed by atoms with Crippen LogP contribution in [0.2, 0.25) is 0 Å². The van der Waals surface area contributed by atoms with E-state index in [1.54, 1.807) is 6.92 Å². The van der Waals surface area contributed by atoms with Crippen molar-refractivity contribution in [2.45, 2.75) is 31.8 Å². The first kappa shape index (κ1) is 18.0. The summed E-state index contributed by atoms with van der Waals surface area (Å²) in [6.07, 6.45) is 0.0589. The Balaban J connectivity index is 2.10. The average molecular weight is 361 g/mol. The van der Waals surface area contributed by atoms with Crippen LogP contribution in [0.5, 0.6) is 0 Å². The maximum atomic E-state index is 12.6. The highest BCUT2D eigenvalue weighted by atomic mass is 16.6. The van der Waals surface area contributed by atoms with Gasteiger partial charge in [0, 0.05) is 24.5 Å². The molecule has 1 fully saturated rings. The van der Waals surface area contributed by atoms with Gasteiger partial charge in [-0.25, -0.2) is 5.43 Å². The zero-order valence-electron chi connectivity index (χ0n) is 14.3. The summed E-state index contributed by atoms with van der Waals surface area (Å²) in [6, 6.07) is 5.62. The van der Waals surface area contributed by atoms with Crippen LogP contribution in [-0.2, 0) is 14.3 Å². The van der Waals surface area contributed by atoms with Gasteiger partial charge in [-0.1, -0.05) is 12.1 Å². The monoisotopic (exact) mass is 361 g/mol. The molecule has 138 valence electrons. The van der Waals surface area contributed by atoms with Crippen LogP contribution in [0.25, 0.3) is 0 Å². The maximum absolute atomic E-state index is 12.6. The number of nitro groups is 1. The molecule has 26 heavy (non-hydrogen) atoms. The number of carbonyl (C=O) groups is 2. The summed E-state index contributed by atoms with van der Waals surface area (Å²) in [7, 11) is 0. The van der Waals surface area contributed by atoms with Gasteiger partial charge < -0.3 is 9.84 Å². The van der Waals surface area contributed by atoms with Gasteiger partial charge in [-0.2, -0.15) is 5.10 Å². The second kappa shape index (κ2) is 6.49. The molecule has 0 saturated heterocycles. The van der Waals surface area contributed by atoms with Crippen molar-refractivity contribution < 1.29 is 24.4 Å². The minimum Gasteiger partial charge on any atom is -0.466 e. The van der Waals surface area contributed by atoms with E-state index < -0.39 is 34.2 Å². The van der Waals surface area contributed by atoms with Crippen LogP contribution in [0.1, 0.15) is 31.7 Å². The Morgan fingerprint density at radius 2 is 2.12 bits per heavy atom. The Hall–Kier alpha value is -2.81. The van der Waals surface area contributed by atoms with Crippen molar-refractivity contribution in [3.8, 4) is 0 Å². The molecular weight excluding hydrogens is 342 g/mol.